The molecule has 0 aliphatic rings. The SMILES string of the molecule is CC(=N\N)/C(C)=N/N. The van der Waals surface area contributed by atoms with E-state index in [1.165, 1.54) is 0 Å². The number of hydrogen-bond donors (Lipinski definition) is 2. The third-order valence-electron chi connectivity index (χ3n) is 0.911. The normalized spacial score (nSPS) is 14.2. The molecule has 0 saturated heterocycles. The van der Waals surface area contributed by atoms with Crippen LogP contribution in [0.1, 0.15) is 13.8 Å². The maximum Gasteiger partial charge on any atom is 0.0798 e. The lowest BCUT2D eigenvalue weighted by atomic mass is 10.3. The van der Waals surface area contributed by atoms with Gasteiger partial charge in [-0.1, -0.05) is 0 Å². The number of hydrogen-bond acceptors (Lipinski definition) is 4. The second-order valence-electron chi connectivity index (χ2n) is 1.43. The topological polar surface area (TPSA) is 76.8 Å². The highest BCUT2D eigenvalue weighted by atomic mass is 15.2. The summed E-state index contributed by atoms with van der Waals surface area (Å²) in [7, 11) is 0. The van der Waals surface area contributed by atoms with Crippen LogP contribution in [0.15, 0.2) is 10.2 Å². The molecule has 0 aliphatic heterocycles. The fraction of sp³-hybridized carbons (Fsp3) is 0.500. The van der Waals surface area contributed by atoms with E-state index in [0.717, 1.165) is 0 Å². The van der Waals surface area contributed by atoms with Gasteiger partial charge in [0.2, 0.25) is 0 Å². The van der Waals surface area contributed by atoms with Crippen LogP contribution in [0.4, 0.5) is 0 Å². The molecule has 0 heterocycles. The highest BCUT2D eigenvalue weighted by molar-refractivity contribution is 6.40. The molecule has 0 saturated carbocycles. The number of nitrogens with zero attached hydrogens (tertiary/aromatic N) is 2. The van der Waals surface area contributed by atoms with Crippen molar-refractivity contribution in [3.63, 3.8) is 0 Å². The lowest BCUT2D eigenvalue weighted by Crippen LogP contribution is -2.09. The highest BCUT2D eigenvalue weighted by Gasteiger charge is 1.91. The fourth-order valence-electron chi connectivity index (χ4n) is 0.187. The Morgan fingerprint density at radius 3 is 1.38 bits per heavy atom. The van der Waals surface area contributed by atoms with Crippen LogP contribution in [0.5, 0.6) is 0 Å². The molecule has 46 valence electrons. The Kier molecular flexibility index (Phi) is 2.61. The summed E-state index contributed by atoms with van der Waals surface area (Å²) < 4.78 is 0. The molecular formula is C4H10N4. The summed E-state index contributed by atoms with van der Waals surface area (Å²) in [6.07, 6.45) is 0. The van der Waals surface area contributed by atoms with Gasteiger partial charge in [-0.3, -0.25) is 0 Å². The summed E-state index contributed by atoms with van der Waals surface area (Å²) in [4.78, 5) is 0. The van der Waals surface area contributed by atoms with Gasteiger partial charge >= 0.3 is 0 Å². The van der Waals surface area contributed by atoms with Gasteiger partial charge in [0.1, 0.15) is 0 Å². The van der Waals surface area contributed by atoms with E-state index in [-0.39, 0.29) is 0 Å². The molecule has 0 rings (SSSR count). The largest absolute Gasteiger partial charge is 0.323 e. The highest BCUT2D eigenvalue weighted by Crippen LogP contribution is 1.76. The van der Waals surface area contributed by atoms with Crippen LogP contribution in [-0.4, -0.2) is 11.4 Å². The van der Waals surface area contributed by atoms with Crippen molar-refractivity contribution >= 4 is 11.4 Å². The van der Waals surface area contributed by atoms with Crippen LogP contribution in [0.3, 0.4) is 0 Å². The van der Waals surface area contributed by atoms with Gasteiger partial charge in [0.05, 0.1) is 11.4 Å². The molecule has 0 fully saturated rings. The maximum atomic E-state index is 4.90. The molecule has 0 atom stereocenters. The first-order valence-electron chi connectivity index (χ1n) is 2.21. The first kappa shape index (κ1) is 6.94. The van der Waals surface area contributed by atoms with Crippen LogP contribution in [0.25, 0.3) is 0 Å². The van der Waals surface area contributed by atoms with Gasteiger partial charge in [-0.2, -0.15) is 10.2 Å². The second kappa shape index (κ2) is 3.01. The van der Waals surface area contributed by atoms with Gasteiger partial charge in [0.15, 0.2) is 0 Å². The summed E-state index contributed by atoms with van der Waals surface area (Å²) in [5.74, 6) is 9.80. The van der Waals surface area contributed by atoms with Crippen LogP contribution in [-0.2, 0) is 0 Å². The summed E-state index contributed by atoms with van der Waals surface area (Å²) in [6.45, 7) is 3.48. The van der Waals surface area contributed by atoms with Gasteiger partial charge in [-0.25, -0.2) is 0 Å². The minimum Gasteiger partial charge on any atom is -0.323 e. The van der Waals surface area contributed by atoms with Gasteiger partial charge in [0.25, 0.3) is 0 Å². The monoisotopic (exact) mass is 114 g/mol. The van der Waals surface area contributed by atoms with Gasteiger partial charge in [-0.05, 0) is 13.8 Å². The molecular weight excluding hydrogens is 104 g/mol. The zero-order valence-electron chi connectivity index (χ0n) is 5.05. The Morgan fingerprint density at radius 2 is 1.25 bits per heavy atom. The van der Waals surface area contributed by atoms with E-state index in [1.54, 1.807) is 13.8 Å². The zero-order valence-corrected chi connectivity index (χ0v) is 5.05. The molecule has 0 aromatic rings. The zero-order chi connectivity index (χ0) is 6.57. The van der Waals surface area contributed by atoms with Crippen LogP contribution in [0, 0.1) is 0 Å². The number of nitrogens with two attached hydrogens (primary N) is 2. The maximum absolute atomic E-state index is 4.90. The Balaban J connectivity index is 4.04. The molecule has 0 unspecified atom stereocenters. The van der Waals surface area contributed by atoms with Gasteiger partial charge in [0, 0.05) is 0 Å². The first-order chi connectivity index (χ1) is 3.72. The van der Waals surface area contributed by atoms with E-state index in [9.17, 15) is 0 Å². The van der Waals surface area contributed by atoms with Gasteiger partial charge < -0.3 is 11.7 Å². The van der Waals surface area contributed by atoms with Crippen molar-refractivity contribution in [2.24, 2.45) is 21.9 Å². The predicted molar refractivity (Wildman–Crippen MR) is 34.6 cm³/mol. The number of hydrazone groups is 2. The molecule has 0 bridgehead atoms. The van der Waals surface area contributed by atoms with E-state index in [0.29, 0.717) is 11.4 Å². The molecule has 8 heavy (non-hydrogen) atoms. The Hall–Kier alpha value is -1.06. The number of rotatable bonds is 1. The summed E-state index contributed by atoms with van der Waals surface area (Å²) in [5.41, 5.74) is 1.32. The average Bonchev–Trinajstić information content (AvgIpc) is 1.84. The van der Waals surface area contributed by atoms with Crippen LogP contribution in [0.2, 0.25) is 0 Å². The quantitative estimate of drug-likeness (QED) is 0.278. The Bertz CT molecular complexity index is 108. The third-order valence-corrected chi connectivity index (χ3v) is 0.911. The van der Waals surface area contributed by atoms with Crippen LogP contribution < -0.4 is 11.7 Å². The Morgan fingerprint density at radius 1 is 1.00 bits per heavy atom. The smallest absolute Gasteiger partial charge is 0.0798 e. The first-order valence-corrected chi connectivity index (χ1v) is 2.21. The average molecular weight is 114 g/mol. The van der Waals surface area contributed by atoms with Crippen molar-refractivity contribution in [2.45, 2.75) is 13.8 Å². The van der Waals surface area contributed by atoms with E-state index in [1.807, 2.05) is 0 Å². The van der Waals surface area contributed by atoms with E-state index in [2.05, 4.69) is 10.2 Å². The second-order valence-corrected chi connectivity index (χ2v) is 1.43. The lowest BCUT2D eigenvalue weighted by molar-refractivity contribution is 1.22. The van der Waals surface area contributed by atoms with E-state index >= 15 is 0 Å². The summed E-state index contributed by atoms with van der Waals surface area (Å²) in [5, 5.41) is 6.73. The molecule has 0 aromatic heterocycles. The van der Waals surface area contributed by atoms with Crippen LogP contribution >= 0.6 is 0 Å². The fourth-order valence-corrected chi connectivity index (χ4v) is 0.187. The van der Waals surface area contributed by atoms with E-state index < -0.39 is 0 Å². The van der Waals surface area contributed by atoms with Crippen molar-refractivity contribution in [3.8, 4) is 0 Å². The molecule has 4 N–H and O–H groups in total. The van der Waals surface area contributed by atoms with Crippen molar-refractivity contribution in [1.29, 1.82) is 0 Å². The lowest BCUT2D eigenvalue weighted by Gasteiger charge is -1.91. The Labute approximate surface area is 48.2 Å². The van der Waals surface area contributed by atoms with E-state index in [4.69, 9.17) is 11.7 Å². The minimum atomic E-state index is 0.660. The predicted octanol–water partition coefficient (Wildman–Crippen LogP) is -0.344. The molecule has 0 spiro atoms. The molecule has 0 aliphatic carbocycles. The van der Waals surface area contributed by atoms with Crippen molar-refractivity contribution in [1.82, 2.24) is 0 Å². The van der Waals surface area contributed by atoms with Crippen molar-refractivity contribution in [2.75, 3.05) is 0 Å². The van der Waals surface area contributed by atoms with Crippen molar-refractivity contribution < 1.29 is 0 Å². The van der Waals surface area contributed by atoms with Crippen molar-refractivity contribution in [3.05, 3.63) is 0 Å². The minimum absolute atomic E-state index is 0.660. The molecule has 0 aromatic carbocycles. The summed E-state index contributed by atoms with van der Waals surface area (Å²) in [6, 6.07) is 0. The molecule has 0 radical (unpaired) electrons. The summed E-state index contributed by atoms with van der Waals surface area (Å²) >= 11 is 0. The molecule has 4 heteroatoms. The molecule has 4 nitrogen and oxygen atoms in total. The standard InChI is InChI=1S/C4H10N4/c1-3(7-5)4(2)8-6/h5-6H2,1-2H3/b7-3+,8-4+. The molecule has 0 amide bonds. The van der Waals surface area contributed by atoms with Gasteiger partial charge in [-0.15, -0.1) is 0 Å². The third kappa shape index (κ3) is 1.59.